The van der Waals surface area contributed by atoms with E-state index in [2.05, 4.69) is 9.97 Å². The van der Waals surface area contributed by atoms with Gasteiger partial charge in [0.2, 0.25) is 0 Å². The molecule has 0 saturated heterocycles. The van der Waals surface area contributed by atoms with E-state index >= 15 is 0 Å². The molecule has 1 aromatic heterocycles. The van der Waals surface area contributed by atoms with Gasteiger partial charge in [0, 0.05) is 18.0 Å². The minimum absolute atomic E-state index is 0.228. The molecule has 0 fully saturated rings. The van der Waals surface area contributed by atoms with Gasteiger partial charge in [-0.2, -0.15) is 0 Å². The zero-order valence-electron chi connectivity index (χ0n) is 11.0. The molecule has 0 unspecified atom stereocenters. The topological polar surface area (TPSA) is 25.8 Å². The first-order valence-electron chi connectivity index (χ1n) is 6.37. The van der Waals surface area contributed by atoms with Gasteiger partial charge in [-0.1, -0.05) is 36.4 Å². The van der Waals surface area contributed by atoms with E-state index < -0.39 is 0 Å². The number of halogens is 1. The first-order valence-corrected chi connectivity index (χ1v) is 6.37. The molecule has 0 aliphatic heterocycles. The fourth-order valence-electron chi connectivity index (χ4n) is 2.02. The average molecular weight is 264 g/mol. The van der Waals surface area contributed by atoms with Crippen molar-refractivity contribution in [1.82, 2.24) is 9.97 Å². The summed E-state index contributed by atoms with van der Waals surface area (Å²) in [5, 5.41) is 0. The van der Waals surface area contributed by atoms with E-state index in [0.29, 0.717) is 5.82 Å². The van der Waals surface area contributed by atoms with Gasteiger partial charge in [-0.3, -0.25) is 0 Å². The highest BCUT2D eigenvalue weighted by atomic mass is 19.1. The van der Waals surface area contributed by atoms with Gasteiger partial charge in [0.1, 0.15) is 5.82 Å². The SMILES string of the molecule is Cc1cnc(-c2ccc(-c3cccc(F)c3)cc2)nc1. The van der Waals surface area contributed by atoms with E-state index in [9.17, 15) is 4.39 Å². The molecule has 0 saturated carbocycles. The maximum atomic E-state index is 13.2. The van der Waals surface area contributed by atoms with Crippen molar-refractivity contribution in [3.05, 3.63) is 72.3 Å². The van der Waals surface area contributed by atoms with Crippen LogP contribution in [0.4, 0.5) is 4.39 Å². The van der Waals surface area contributed by atoms with Crippen molar-refractivity contribution in [3.8, 4) is 22.5 Å². The van der Waals surface area contributed by atoms with Gasteiger partial charge in [0.25, 0.3) is 0 Å². The third-order valence-corrected chi connectivity index (χ3v) is 3.08. The second-order valence-electron chi connectivity index (χ2n) is 4.67. The predicted molar refractivity (Wildman–Crippen MR) is 77.6 cm³/mol. The zero-order valence-corrected chi connectivity index (χ0v) is 11.0. The van der Waals surface area contributed by atoms with Crippen LogP contribution in [0.5, 0.6) is 0 Å². The third-order valence-electron chi connectivity index (χ3n) is 3.08. The zero-order chi connectivity index (χ0) is 13.9. The highest BCUT2D eigenvalue weighted by Crippen LogP contribution is 2.23. The number of aromatic nitrogens is 2. The lowest BCUT2D eigenvalue weighted by Crippen LogP contribution is -1.89. The highest BCUT2D eigenvalue weighted by molar-refractivity contribution is 5.67. The number of hydrogen-bond donors (Lipinski definition) is 0. The summed E-state index contributed by atoms with van der Waals surface area (Å²) in [6.07, 6.45) is 3.59. The Morgan fingerprint density at radius 3 is 2.10 bits per heavy atom. The summed E-state index contributed by atoms with van der Waals surface area (Å²) in [5.41, 5.74) is 3.82. The Kier molecular flexibility index (Phi) is 3.25. The van der Waals surface area contributed by atoms with Crippen molar-refractivity contribution in [2.75, 3.05) is 0 Å². The van der Waals surface area contributed by atoms with Gasteiger partial charge >= 0.3 is 0 Å². The van der Waals surface area contributed by atoms with E-state index in [4.69, 9.17) is 0 Å². The van der Waals surface area contributed by atoms with Gasteiger partial charge in [-0.25, -0.2) is 14.4 Å². The number of rotatable bonds is 2. The first-order chi connectivity index (χ1) is 9.72. The number of nitrogens with zero attached hydrogens (tertiary/aromatic N) is 2. The number of benzene rings is 2. The normalized spacial score (nSPS) is 10.5. The van der Waals surface area contributed by atoms with E-state index in [-0.39, 0.29) is 5.82 Å². The lowest BCUT2D eigenvalue weighted by molar-refractivity contribution is 0.628. The van der Waals surface area contributed by atoms with Crippen LogP contribution in [0, 0.1) is 12.7 Å². The van der Waals surface area contributed by atoms with Crippen molar-refractivity contribution >= 4 is 0 Å². The molecule has 0 N–H and O–H groups in total. The molecule has 0 aliphatic carbocycles. The Bertz CT molecular complexity index is 719. The van der Waals surface area contributed by atoms with Crippen LogP contribution in [0.2, 0.25) is 0 Å². The van der Waals surface area contributed by atoms with Crippen LogP contribution in [-0.4, -0.2) is 9.97 Å². The highest BCUT2D eigenvalue weighted by Gasteiger charge is 2.03. The molecule has 3 aromatic rings. The van der Waals surface area contributed by atoms with Crippen LogP contribution in [-0.2, 0) is 0 Å². The Morgan fingerprint density at radius 2 is 1.45 bits per heavy atom. The first kappa shape index (κ1) is 12.5. The molecule has 0 bridgehead atoms. The third kappa shape index (κ3) is 2.57. The molecule has 3 rings (SSSR count). The Hall–Kier alpha value is -2.55. The van der Waals surface area contributed by atoms with Crippen molar-refractivity contribution in [3.63, 3.8) is 0 Å². The maximum absolute atomic E-state index is 13.2. The number of aryl methyl sites for hydroxylation is 1. The lowest BCUT2D eigenvalue weighted by Gasteiger charge is -2.04. The summed E-state index contributed by atoms with van der Waals surface area (Å²) in [5.74, 6) is 0.467. The number of hydrogen-bond acceptors (Lipinski definition) is 2. The van der Waals surface area contributed by atoms with Crippen LogP contribution < -0.4 is 0 Å². The summed E-state index contributed by atoms with van der Waals surface area (Å²) < 4.78 is 13.2. The molecule has 0 atom stereocenters. The summed E-state index contributed by atoms with van der Waals surface area (Å²) in [6.45, 7) is 1.96. The van der Waals surface area contributed by atoms with E-state index in [1.165, 1.54) is 12.1 Å². The lowest BCUT2D eigenvalue weighted by atomic mass is 10.0. The van der Waals surface area contributed by atoms with E-state index in [0.717, 1.165) is 22.3 Å². The van der Waals surface area contributed by atoms with Crippen molar-refractivity contribution in [2.45, 2.75) is 6.92 Å². The summed E-state index contributed by atoms with van der Waals surface area (Å²) in [6, 6.07) is 14.4. The van der Waals surface area contributed by atoms with E-state index in [1.54, 1.807) is 18.5 Å². The molecule has 2 nitrogen and oxygen atoms in total. The second-order valence-corrected chi connectivity index (χ2v) is 4.67. The van der Waals surface area contributed by atoms with Crippen molar-refractivity contribution in [1.29, 1.82) is 0 Å². The van der Waals surface area contributed by atoms with Crippen LogP contribution in [0.15, 0.2) is 60.9 Å². The van der Waals surface area contributed by atoms with Gasteiger partial charge in [0.05, 0.1) is 0 Å². The molecule has 1 heterocycles. The molecular formula is C17H13FN2. The van der Waals surface area contributed by atoms with Gasteiger partial charge in [-0.05, 0) is 35.7 Å². The Balaban J connectivity index is 1.93. The minimum Gasteiger partial charge on any atom is -0.236 e. The molecule has 0 radical (unpaired) electrons. The fourth-order valence-corrected chi connectivity index (χ4v) is 2.02. The summed E-state index contributed by atoms with van der Waals surface area (Å²) in [7, 11) is 0. The maximum Gasteiger partial charge on any atom is 0.159 e. The molecule has 2 aromatic carbocycles. The quantitative estimate of drug-likeness (QED) is 0.691. The van der Waals surface area contributed by atoms with Gasteiger partial charge < -0.3 is 0 Å². The molecule has 0 amide bonds. The standard InChI is InChI=1S/C17H13FN2/c1-12-10-19-17(20-11-12)14-7-5-13(6-8-14)15-3-2-4-16(18)9-15/h2-11H,1H3. The van der Waals surface area contributed by atoms with Crippen molar-refractivity contribution < 1.29 is 4.39 Å². The minimum atomic E-state index is -0.228. The van der Waals surface area contributed by atoms with E-state index in [1.807, 2.05) is 37.3 Å². The summed E-state index contributed by atoms with van der Waals surface area (Å²) in [4.78, 5) is 8.59. The van der Waals surface area contributed by atoms with Gasteiger partial charge in [0.15, 0.2) is 5.82 Å². The van der Waals surface area contributed by atoms with Crippen LogP contribution in [0.1, 0.15) is 5.56 Å². The van der Waals surface area contributed by atoms with Gasteiger partial charge in [-0.15, -0.1) is 0 Å². The Morgan fingerprint density at radius 1 is 0.800 bits per heavy atom. The second kappa shape index (κ2) is 5.21. The molecular weight excluding hydrogens is 251 g/mol. The fraction of sp³-hybridized carbons (Fsp3) is 0.0588. The molecule has 0 spiro atoms. The average Bonchev–Trinajstić information content (AvgIpc) is 2.48. The van der Waals surface area contributed by atoms with Crippen molar-refractivity contribution in [2.24, 2.45) is 0 Å². The summed E-state index contributed by atoms with van der Waals surface area (Å²) >= 11 is 0. The van der Waals surface area contributed by atoms with Crippen LogP contribution in [0.3, 0.4) is 0 Å². The monoisotopic (exact) mass is 264 g/mol. The Labute approximate surface area is 117 Å². The smallest absolute Gasteiger partial charge is 0.159 e. The molecule has 98 valence electrons. The molecule has 0 aliphatic rings. The predicted octanol–water partition coefficient (Wildman–Crippen LogP) is 4.26. The largest absolute Gasteiger partial charge is 0.236 e. The molecule has 3 heteroatoms. The molecule has 20 heavy (non-hydrogen) atoms. The van der Waals surface area contributed by atoms with Crippen LogP contribution >= 0.6 is 0 Å². The van der Waals surface area contributed by atoms with Crippen LogP contribution in [0.25, 0.3) is 22.5 Å².